The molecule has 0 radical (unpaired) electrons. The van der Waals surface area contributed by atoms with Crippen molar-refractivity contribution in [1.82, 2.24) is 4.90 Å². The van der Waals surface area contributed by atoms with Gasteiger partial charge in [-0.15, -0.1) is 0 Å². The fraction of sp³-hybridized carbons (Fsp3) is 0.458. The maximum absolute atomic E-state index is 13.4. The molecule has 7 heteroatoms. The van der Waals surface area contributed by atoms with E-state index in [0.29, 0.717) is 18.4 Å². The van der Waals surface area contributed by atoms with E-state index in [9.17, 15) is 13.6 Å². The molecular formula is C24H26Cl2F2N2O. The van der Waals surface area contributed by atoms with Gasteiger partial charge < -0.3 is 10.2 Å². The third-order valence-corrected chi connectivity index (χ3v) is 7.48. The fourth-order valence-corrected chi connectivity index (χ4v) is 5.82. The van der Waals surface area contributed by atoms with Gasteiger partial charge in [-0.3, -0.25) is 0 Å². The molecule has 1 saturated heterocycles. The number of likely N-dealkylation sites (tertiary alicyclic amines) is 1. The van der Waals surface area contributed by atoms with Gasteiger partial charge in [0, 0.05) is 34.4 Å². The van der Waals surface area contributed by atoms with Crippen LogP contribution in [0.25, 0.3) is 0 Å². The number of amides is 2. The van der Waals surface area contributed by atoms with Gasteiger partial charge in [-0.2, -0.15) is 0 Å². The summed E-state index contributed by atoms with van der Waals surface area (Å²) in [7, 11) is 0. The second-order valence-corrected chi connectivity index (χ2v) is 9.43. The van der Waals surface area contributed by atoms with Crippen LogP contribution in [0.2, 0.25) is 10.0 Å². The number of nitrogens with zero attached hydrogens (tertiary/aromatic N) is 1. The lowest BCUT2D eigenvalue weighted by atomic mass is 9.87. The van der Waals surface area contributed by atoms with Gasteiger partial charge in [-0.25, -0.2) is 13.6 Å². The molecule has 1 N–H and O–H groups in total. The first kappa shape index (κ1) is 22.3. The third kappa shape index (κ3) is 4.83. The minimum absolute atomic E-state index is 0.169. The van der Waals surface area contributed by atoms with E-state index in [1.165, 1.54) is 6.07 Å². The van der Waals surface area contributed by atoms with Crippen LogP contribution in [0.3, 0.4) is 0 Å². The molecule has 0 aromatic heterocycles. The number of urea groups is 1. The number of halogens is 4. The zero-order valence-electron chi connectivity index (χ0n) is 17.4. The van der Waals surface area contributed by atoms with Crippen molar-refractivity contribution in [3.8, 4) is 0 Å². The number of piperidine rings is 1. The fourth-order valence-electron chi connectivity index (χ4n) is 5.09. The van der Waals surface area contributed by atoms with Gasteiger partial charge in [0.25, 0.3) is 0 Å². The van der Waals surface area contributed by atoms with Crippen LogP contribution in [0.4, 0.5) is 19.3 Å². The van der Waals surface area contributed by atoms with Gasteiger partial charge in [0.2, 0.25) is 0 Å². The Morgan fingerprint density at radius 2 is 1.87 bits per heavy atom. The Morgan fingerprint density at radius 1 is 1.13 bits per heavy atom. The summed E-state index contributed by atoms with van der Waals surface area (Å²) in [4.78, 5) is 14.6. The van der Waals surface area contributed by atoms with Crippen molar-refractivity contribution in [2.45, 2.75) is 51.5 Å². The first-order chi connectivity index (χ1) is 14.9. The lowest BCUT2D eigenvalue weighted by molar-refractivity contribution is 0.166. The van der Waals surface area contributed by atoms with Crippen LogP contribution in [-0.4, -0.2) is 23.5 Å². The quantitative estimate of drug-likeness (QED) is 0.500. The normalized spacial score (nSPS) is 22.6. The number of carbonyl (C=O) groups excluding carboxylic acids is 1. The van der Waals surface area contributed by atoms with Gasteiger partial charge in [0.05, 0.1) is 0 Å². The third-order valence-electron chi connectivity index (χ3n) is 6.80. The Labute approximate surface area is 191 Å². The van der Waals surface area contributed by atoms with E-state index in [1.54, 1.807) is 0 Å². The molecule has 1 saturated carbocycles. The summed E-state index contributed by atoms with van der Waals surface area (Å²) in [6.45, 7) is 2.75. The Hall–Kier alpha value is -1.85. The average molecular weight is 467 g/mol. The zero-order valence-corrected chi connectivity index (χ0v) is 18.9. The SMILES string of the molecule is CCc1cc(Cl)c(CCC2CC3CC2CCN3C(=O)Nc2ccc(F)c(F)c2)c(Cl)c1. The van der Waals surface area contributed by atoms with Gasteiger partial charge in [0.1, 0.15) is 0 Å². The van der Waals surface area contributed by atoms with E-state index in [-0.39, 0.29) is 17.8 Å². The van der Waals surface area contributed by atoms with E-state index in [1.807, 2.05) is 17.0 Å². The topological polar surface area (TPSA) is 32.3 Å². The van der Waals surface area contributed by atoms with Crippen molar-refractivity contribution in [2.24, 2.45) is 11.8 Å². The molecule has 1 aliphatic heterocycles. The molecule has 2 aromatic carbocycles. The van der Waals surface area contributed by atoms with Crippen molar-refractivity contribution in [3.05, 3.63) is 63.1 Å². The van der Waals surface area contributed by atoms with Crippen molar-refractivity contribution in [3.63, 3.8) is 0 Å². The molecule has 1 aliphatic carbocycles. The first-order valence-corrected chi connectivity index (χ1v) is 11.6. The number of nitrogens with one attached hydrogen (secondary N) is 1. The summed E-state index contributed by atoms with van der Waals surface area (Å²) in [5.41, 5.74) is 2.41. The highest BCUT2D eigenvalue weighted by atomic mass is 35.5. The van der Waals surface area contributed by atoms with E-state index in [2.05, 4.69) is 12.2 Å². The first-order valence-electron chi connectivity index (χ1n) is 10.8. The number of anilines is 1. The maximum atomic E-state index is 13.4. The number of aryl methyl sites for hydroxylation is 1. The molecule has 2 aromatic rings. The highest BCUT2D eigenvalue weighted by Gasteiger charge is 2.42. The van der Waals surface area contributed by atoms with Crippen LogP contribution in [0, 0.1) is 23.5 Å². The molecule has 1 heterocycles. The van der Waals surface area contributed by atoms with Crippen LogP contribution in [0.1, 0.15) is 43.7 Å². The van der Waals surface area contributed by atoms with Crippen molar-refractivity contribution < 1.29 is 13.6 Å². The highest BCUT2D eigenvalue weighted by Crippen LogP contribution is 2.44. The molecule has 2 aliphatic rings. The summed E-state index contributed by atoms with van der Waals surface area (Å²) in [6.07, 6.45) is 5.59. The van der Waals surface area contributed by atoms with E-state index < -0.39 is 11.6 Å². The van der Waals surface area contributed by atoms with Crippen LogP contribution >= 0.6 is 23.2 Å². The van der Waals surface area contributed by atoms with Crippen molar-refractivity contribution in [2.75, 3.05) is 11.9 Å². The molecule has 2 amide bonds. The van der Waals surface area contributed by atoms with Crippen LogP contribution < -0.4 is 5.32 Å². The zero-order chi connectivity index (χ0) is 22.1. The van der Waals surface area contributed by atoms with Crippen molar-refractivity contribution in [1.29, 1.82) is 0 Å². The van der Waals surface area contributed by atoms with Crippen LogP contribution in [0.15, 0.2) is 30.3 Å². The van der Waals surface area contributed by atoms with E-state index in [4.69, 9.17) is 23.2 Å². The van der Waals surface area contributed by atoms with E-state index in [0.717, 1.165) is 71.8 Å². The van der Waals surface area contributed by atoms with Crippen LogP contribution in [0.5, 0.6) is 0 Å². The standard InChI is InChI=1S/C24H26Cl2F2N2O/c1-2-14-9-20(25)19(21(26)10-14)5-3-15-11-18-12-16(15)7-8-30(18)24(31)29-17-4-6-22(27)23(28)13-17/h4,6,9-10,13,15-16,18H,2-3,5,7-8,11-12H2,1H3,(H,29,31). The molecular weight excluding hydrogens is 441 g/mol. The predicted molar refractivity (Wildman–Crippen MR) is 121 cm³/mol. The smallest absolute Gasteiger partial charge is 0.322 e. The maximum Gasteiger partial charge on any atom is 0.322 e. The number of hydrogen-bond acceptors (Lipinski definition) is 1. The number of fused-ring (bicyclic) bond motifs is 2. The summed E-state index contributed by atoms with van der Waals surface area (Å²) in [5.74, 6) is -0.794. The number of rotatable bonds is 5. The average Bonchev–Trinajstić information content (AvgIpc) is 3.05. The van der Waals surface area contributed by atoms with Gasteiger partial charge in [0.15, 0.2) is 11.6 Å². The molecule has 2 fully saturated rings. The molecule has 31 heavy (non-hydrogen) atoms. The molecule has 4 rings (SSSR count). The molecule has 2 bridgehead atoms. The summed E-state index contributed by atoms with van der Waals surface area (Å²) in [5, 5.41) is 4.17. The lowest BCUT2D eigenvalue weighted by Crippen LogP contribution is -2.44. The highest BCUT2D eigenvalue weighted by molar-refractivity contribution is 6.36. The number of carbonyl (C=O) groups is 1. The monoisotopic (exact) mass is 466 g/mol. The molecule has 3 unspecified atom stereocenters. The molecule has 0 spiro atoms. The van der Waals surface area contributed by atoms with Gasteiger partial charge >= 0.3 is 6.03 Å². The molecule has 166 valence electrons. The second-order valence-electron chi connectivity index (χ2n) is 8.62. The molecule has 3 nitrogen and oxygen atoms in total. The Balaban J connectivity index is 1.37. The van der Waals surface area contributed by atoms with Gasteiger partial charge in [-0.1, -0.05) is 30.1 Å². The largest absolute Gasteiger partial charge is 0.322 e. The van der Waals surface area contributed by atoms with Crippen LogP contribution in [-0.2, 0) is 12.8 Å². The molecule has 3 atom stereocenters. The number of benzene rings is 2. The Bertz CT molecular complexity index is 961. The second kappa shape index (κ2) is 9.33. The summed E-state index contributed by atoms with van der Waals surface area (Å²) < 4.78 is 26.6. The van der Waals surface area contributed by atoms with Crippen molar-refractivity contribution >= 4 is 34.9 Å². The Kier molecular flexibility index (Phi) is 6.73. The predicted octanol–water partition coefficient (Wildman–Crippen LogP) is 7.10. The minimum Gasteiger partial charge on any atom is -0.322 e. The number of hydrogen-bond donors (Lipinski definition) is 1. The summed E-state index contributed by atoms with van der Waals surface area (Å²) >= 11 is 13.0. The van der Waals surface area contributed by atoms with E-state index >= 15 is 0 Å². The minimum atomic E-state index is -0.971. The Morgan fingerprint density at radius 3 is 2.55 bits per heavy atom. The van der Waals surface area contributed by atoms with Gasteiger partial charge in [-0.05, 0) is 85.8 Å². The lowest BCUT2D eigenvalue weighted by Gasteiger charge is -2.33. The summed E-state index contributed by atoms with van der Waals surface area (Å²) in [6, 6.07) is 7.32.